The largest absolute Gasteiger partial charge is 0.369 e. The molecule has 1 aromatic heterocycles. The van der Waals surface area contributed by atoms with E-state index in [-0.39, 0.29) is 5.91 Å². The minimum atomic E-state index is 0.0151. The molecule has 1 atom stereocenters. The van der Waals surface area contributed by atoms with Gasteiger partial charge in [0.1, 0.15) is 5.82 Å². The van der Waals surface area contributed by atoms with Crippen molar-refractivity contribution in [2.24, 2.45) is 5.92 Å². The second-order valence-electron chi connectivity index (χ2n) is 5.73. The smallest absolute Gasteiger partial charge is 0.274 e. The molecule has 0 saturated carbocycles. The number of aromatic nitrogens is 2. The fourth-order valence-electron chi connectivity index (χ4n) is 2.73. The Morgan fingerprint density at radius 1 is 1.29 bits per heavy atom. The van der Waals surface area contributed by atoms with Crippen molar-refractivity contribution in [3.63, 3.8) is 0 Å². The molecule has 1 unspecified atom stereocenters. The molecule has 116 valence electrons. The van der Waals surface area contributed by atoms with E-state index in [4.69, 9.17) is 0 Å². The Morgan fingerprint density at radius 2 is 2.14 bits per heavy atom. The Labute approximate surface area is 127 Å². The summed E-state index contributed by atoms with van der Waals surface area (Å²) in [6, 6.07) is 3.61. The molecule has 1 saturated heterocycles. The number of carbonyl (C=O) groups is 1. The van der Waals surface area contributed by atoms with Crippen LogP contribution in [0.3, 0.4) is 0 Å². The molecule has 0 radical (unpaired) electrons. The molecule has 1 aliphatic rings. The number of hydrogen-bond donors (Lipinski definition) is 1. The van der Waals surface area contributed by atoms with Crippen LogP contribution in [0, 0.1) is 5.92 Å². The van der Waals surface area contributed by atoms with Gasteiger partial charge in [-0.3, -0.25) is 4.79 Å². The molecule has 1 aromatic rings. The lowest BCUT2D eigenvalue weighted by atomic mass is 9.98. The highest BCUT2D eigenvalue weighted by molar-refractivity contribution is 5.92. The maximum Gasteiger partial charge on any atom is 0.274 e. The van der Waals surface area contributed by atoms with Crippen molar-refractivity contribution in [3.05, 3.63) is 17.8 Å². The van der Waals surface area contributed by atoms with Gasteiger partial charge < -0.3 is 10.2 Å². The first-order valence-corrected chi connectivity index (χ1v) is 8.11. The number of nitrogens with zero attached hydrogens (tertiary/aromatic N) is 3. The predicted molar refractivity (Wildman–Crippen MR) is 84.3 cm³/mol. The Morgan fingerprint density at radius 3 is 2.81 bits per heavy atom. The number of amides is 1. The third-order valence-electron chi connectivity index (χ3n) is 4.15. The van der Waals surface area contributed by atoms with E-state index in [0.717, 1.165) is 50.6 Å². The summed E-state index contributed by atoms with van der Waals surface area (Å²) in [5.74, 6) is 1.51. The fourth-order valence-corrected chi connectivity index (χ4v) is 2.73. The SMILES string of the molecule is CCCNc1ccc(C(=O)N2CCCC(CC)CC2)nn1. The van der Waals surface area contributed by atoms with Crippen LogP contribution in [0.2, 0.25) is 0 Å². The first-order valence-electron chi connectivity index (χ1n) is 8.11. The predicted octanol–water partition coefficient (Wildman–Crippen LogP) is 2.95. The molecule has 1 fully saturated rings. The molecule has 1 N–H and O–H groups in total. The molecule has 5 nitrogen and oxygen atoms in total. The lowest BCUT2D eigenvalue weighted by molar-refractivity contribution is 0.0753. The quantitative estimate of drug-likeness (QED) is 0.906. The van der Waals surface area contributed by atoms with Crippen LogP contribution in [0.1, 0.15) is 56.4 Å². The Balaban J connectivity index is 1.95. The van der Waals surface area contributed by atoms with Crippen LogP contribution < -0.4 is 5.32 Å². The molecule has 21 heavy (non-hydrogen) atoms. The van der Waals surface area contributed by atoms with Crippen molar-refractivity contribution in [2.45, 2.75) is 46.0 Å². The van der Waals surface area contributed by atoms with Gasteiger partial charge >= 0.3 is 0 Å². The van der Waals surface area contributed by atoms with E-state index in [2.05, 4.69) is 29.4 Å². The Bertz CT molecular complexity index is 446. The zero-order valence-corrected chi connectivity index (χ0v) is 13.1. The average Bonchev–Trinajstić information content (AvgIpc) is 2.78. The number of likely N-dealkylation sites (tertiary alicyclic amines) is 1. The summed E-state index contributed by atoms with van der Waals surface area (Å²) in [6.45, 7) is 6.88. The molecule has 1 amide bonds. The first kappa shape index (κ1) is 15.7. The van der Waals surface area contributed by atoms with Crippen molar-refractivity contribution in [2.75, 3.05) is 25.0 Å². The van der Waals surface area contributed by atoms with Crippen LogP contribution in [-0.2, 0) is 0 Å². The average molecular weight is 290 g/mol. The second-order valence-corrected chi connectivity index (χ2v) is 5.73. The van der Waals surface area contributed by atoms with Gasteiger partial charge in [0.05, 0.1) is 0 Å². The van der Waals surface area contributed by atoms with Crippen molar-refractivity contribution in [3.8, 4) is 0 Å². The first-order chi connectivity index (χ1) is 10.2. The van der Waals surface area contributed by atoms with Gasteiger partial charge in [0.25, 0.3) is 5.91 Å². The second kappa shape index (κ2) is 7.96. The Hall–Kier alpha value is -1.65. The zero-order chi connectivity index (χ0) is 15.1. The monoisotopic (exact) mass is 290 g/mol. The van der Waals surface area contributed by atoms with Crippen molar-refractivity contribution in [1.29, 1.82) is 0 Å². The van der Waals surface area contributed by atoms with Gasteiger partial charge in [-0.1, -0.05) is 20.3 Å². The van der Waals surface area contributed by atoms with Gasteiger partial charge in [0.15, 0.2) is 5.69 Å². The minimum Gasteiger partial charge on any atom is -0.369 e. The lowest BCUT2D eigenvalue weighted by Gasteiger charge is -2.19. The van der Waals surface area contributed by atoms with Crippen LogP contribution >= 0.6 is 0 Å². The fraction of sp³-hybridized carbons (Fsp3) is 0.688. The van der Waals surface area contributed by atoms with E-state index in [1.165, 1.54) is 12.8 Å². The number of nitrogens with one attached hydrogen (secondary N) is 1. The van der Waals surface area contributed by atoms with Crippen molar-refractivity contribution in [1.82, 2.24) is 15.1 Å². The van der Waals surface area contributed by atoms with E-state index < -0.39 is 0 Å². The molecule has 0 bridgehead atoms. The van der Waals surface area contributed by atoms with Crippen molar-refractivity contribution >= 4 is 11.7 Å². The highest BCUT2D eigenvalue weighted by Crippen LogP contribution is 2.21. The number of carbonyl (C=O) groups excluding carboxylic acids is 1. The third kappa shape index (κ3) is 4.41. The van der Waals surface area contributed by atoms with Crippen LogP contribution in [-0.4, -0.2) is 40.6 Å². The van der Waals surface area contributed by atoms with Gasteiger partial charge in [-0.15, -0.1) is 10.2 Å². The standard InChI is InChI=1S/C16H26N4O/c1-3-10-17-15-8-7-14(18-19-15)16(21)20-11-5-6-13(4-2)9-12-20/h7-8,13H,3-6,9-12H2,1-2H3,(H,17,19). The number of hydrogen-bond acceptors (Lipinski definition) is 4. The highest BCUT2D eigenvalue weighted by atomic mass is 16.2. The molecule has 2 rings (SSSR count). The molecule has 1 aliphatic heterocycles. The number of rotatable bonds is 5. The summed E-state index contributed by atoms with van der Waals surface area (Å²) in [6.07, 6.45) is 5.67. The lowest BCUT2D eigenvalue weighted by Crippen LogP contribution is -2.32. The highest BCUT2D eigenvalue weighted by Gasteiger charge is 2.21. The van der Waals surface area contributed by atoms with Crippen LogP contribution in [0.4, 0.5) is 5.82 Å². The van der Waals surface area contributed by atoms with E-state index in [0.29, 0.717) is 5.69 Å². The van der Waals surface area contributed by atoms with Gasteiger partial charge in [-0.2, -0.15) is 0 Å². The molecule has 2 heterocycles. The van der Waals surface area contributed by atoms with E-state index in [9.17, 15) is 4.79 Å². The topological polar surface area (TPSA) is 58.1 Å². The summed E-state index contributed by atoms with van der Waals surface area (Å²) >= 11 is 0. The minimum absolute atomic E-state index is 0.0151. The molecule has 0 aliphatic carbocycles. The van der Waals surface area contributed by atoms with E-state index in [1.807, 2.05) is 11.0 Å². The van der Waals surface area contributed by atoms with E-state index in [1.54, 1.807) is 6.07 Å². The van der Waals surface area contributed by atoms with Gasteiger partial charge in [-0.25, -0.2) is 0 Å². The van der Waals surface area contributed by atoms with Crippen molar-refractivity contribution < 1.29 is 4.79 Å². The summed E-state index contributed by atoms with van der Waals surface area (Å²) < 4.78 is 0. The van der Waals surface area contributed by atoms with Crippen LogP contribution in [0.5, 0.6) is 0 Å². The third-order valence-corrected chi connectivity index (χ3v) is 4.15. The maximum atomic E-state index is 12.5. The molecule has 0 spiro atoms. The summed E-state index contributed by atoms with van der Waals surface area (Å²) in [7, 11) is 0. The van der Waals surface area contributed by atoms with Gasteiger partial charge in [0.2, 0.25) is 0 Å². The number of anilines is 1. The molecule has 5 heteroatoms. The molecule has 0 aromatic carbocycles. The maximum absolute atomic E-state index is 12.5. The summed E-state index contributed by atoms with van der Waals surface area (Å²) in [4.78, 5) is 14.4. The summed E-state index contributed by atoms with van der Waals surface area (Å²) in [5.41, 5.74) is 0.451. The van der Waals surface area contributed by atoms with Crippen LogP contribution in [0.25, 0.3) is 0 Å². The Kier molecular flexibility index (Phi) is 5.96. The van der Waals surface area contributed by atoms with Gasteiger partial charge in [-0.05, 0) is 43.7 Å². The normalized spacial score (nSPS) is 19.1. The molecular weight excluding hydrogens is 264 g/mol. The van der Waals surface area contributed by atoms with E-state index >= 15 is 0 Å². The van der Waals surface area contributed by atoms with Crippen LogP contribution in [0.15, 0.2) is 12.1 Å². The summed E-state index contributed by atoms with van der Waals surface area (Å²) in [5, 5.41) is 11.3. The zero-order valence-electron chi connectivity index (χ0n) is 13.1. The molecular formula is C16H26N4O. The van der Waals surface area contributed by atoms with Gasteiger partial charge in [0, 0.05) is 19.6 Å².